The fourth-order valence-electron chi connectivity index (χ4n) is 6.45. The van der Waals surface area contributed by atoms with Crippen molar-refractivity contribution in [3.63, 3.8) is 0 Å². The van der Waals surface area contributed by atoms with Crippen molar-refractivity contribution in [1.29, 1.82) is 0 Å². The lowest BCUT2D eigenvalue weighted by molar-refractivity contribution is -0.890. The molecule has 0 saturated heterocycles. The van der Waals surface area contributed by atoms with Gasteiger partial charge in [-0.15, -0.1) is 0 Å². The van der Waals surface area contributed by atoms with Crippen LogP contribution in [0.1, 0.15) is 194 Å². The van der Waals surface area contributed by atoms with Crippen LogP contribution in [-0.4, -0.2) is 92.4 Å². The topological polar surface area (TPSA) is 93.1 Å². The number of esters is 2. The highest BCUT2D eigenvalue weighted by Crippen LogP contribution is 2.14. The zero-order valence-corrected chi connectivity index (χ0v) is 33.6. The predicted octanol–water partition coefficient (Wildman–Crippen LogP) is 9.93. The first-order chi connectivity index (χ1) is 24.3. The van der Waals surface area contributed by atoms with Crippen molar-refractivity contribution in [2.24, 2.45) is 0 Å². The molecule has 0 fully saturated rings. The van der Waals surface area contributed by atoms with Gasteiger partial charge in [-0.2, -0.15) is 0 Å². The molecule has 0 aliphatic heterocycles. The number of hydrogen-bond acceptors (Lipinski definition) is 6. The summed E-state index contributed by atoms with van der Waals surface area (Å²) in [4.78, 5) is 39.5. The fraction of sp³-hybridized carbons (Fsp3) is 0.929. The van der Waals surface area contributed by atoms with Gasteiger partial charge in [0.05, 0.1) is 40.5 Å². The molecule has 1 N–H and O–H groups in total. The van der Waals surface area contributed by atoms with E-state index in [1.165, 1.54) is 116 Å². The number of aliphatic hydroxyl groups is 1. The van der Waals surface area contributed by atoms with Gasteiger partial charge < -0.3 is 24.0 Å². The maximum absolute atomic E-state index is 13.2. The monoisotopic (exact) mass is 712 g/mol. The third kappa shape index (κ3) is 33.5. The van der Waals surface area contributed by atoms with Gasteiger partial charge in [0.1, 0.15) is 6.54 Å². The summed E-state index contributed by atoms with van der Waals surface area (Å²) in [5.41, 5.74) is 0. The van der Waals surface area contributed by atoms with Crippen molar-refractivity contribution >= 4 is 17.8 Å². The van der Waals surface area contributed by atoms with E-state index < -0.39 is 0 Å². The van der Waals surface area contributed by atoms with Crippen LogP contribution in [0.4, 0.5) is 0 Å². The van der Waals surface area contributed by atoms with Crippen molar-refractivity contribution in [1.82, 2.24) is 4.90 Å². The standard InChI is InChI=1S/C42H83N2O6/c1-5-7-9-11-13-15-17-19-21-23-25-31-41(47)49-38-28-33-43(40(46)30-27-35-44(3,4)36-37-45)34-29-39-50-42(48)32-26-24-22-20-18-16-14-12-10-8-6-2/h45H,5-39H2,1-4H3/q+1. The fourth-order valence-corrected chi connectivity index (χ4v) is 6.45. The molecule has 0 unspecified atom stereocenters. The van der Waals surface area contributed by atoms with E-state index in [1.54, 1.807) is 0 Å². The quantitative estimate of drug-likeness (QED) is 0.0389. The Morgan fingerprint density at radius 3 is 1.20 bits per heavy atom. The molecule has 0 aromatic carbocycles. The number of quaternary nitrogens is 1. The van der Waals surface area contributed by atoms with Gasteiger partial charge in [0, 0.05) is 38.8 Å². The second kappa shape index (κ2) is 35.7. The Labute approximate surface area is 309 Å². The summed E-state index contributed by atoms with van der Waals surface area (Å²) < 4.78 is 11.7. The maximum Gasteiger partial charge on any atom is 0.305 e. The lowest BCUT2D eigenvalue weighted by Crippen LogP contribution is -2.43. The summed E-state index contributed by atoms with van der Waals surface area (Å²) in [6, 6.07) is 0. The minimum Gasteiger partial charge on any atom is -0.466 e. The number of aliphatic hydroxyl groups excluding tert-OH is 1. The molecule has 0 rings (SSSR count). The van der Waals surface area contributed by atoms with Crippen LogP contribution >= 0.6 is 0 Å². The van der Waals surface area contributed by atoms with E-state index >= 15 is 0 Å². The van der Waals surface area contributed by atoms with Crippen LogP contribution in [-0.2, 0) is 23.9 Å². The molecule has 50 heavy (non-hydrogen) atoms. The Hall–Kier alpha value is -1.67. The summed E-state index contributed by atoms with van der Waals surface area (Å²) in [7, 11) is 4.13. The minimum atomic E-state index is -0.146. The van der Waals surface area contributed by atoms with E-state index in [0.29, 0.717) is 69.4 Å². The Bertz CT molecular complexity index is 744. The molecule has 0 radical (unpaired) electrons. The second-order valence-corrected chi connectivity index (χ2v) is 15.3. The van der Waals surface area contributed by atoms with Crippen molar-refractivity contribution in [2.75, 3.05) is 60.1 Å². The molecule has 0 atom stereocenters. The first-order valence-electron chi connectivity index (χ1n) is 21.3. The number of carbonyl (C=O) groups is 3. The molecular weight excluding hydrogens is 628 g/mol. The van der Waals surface area contributed by atoms with Gasteiger partial charge in [0.15, 0.2) is 0 Å². The third-order valence-corrected chi connectivity index (χ3v) is 9.85. The molecule has 1 amide bonds. The molecule has 8 heteroatoms. The van der Waals surface area contributed by atoms with Crippen LogP contribution in [0.25, 0.3) is 0 Å². The number of nitrogens with zero attached hydrogens (tertiary/aromatic N) is 2. The van der Waals surface area contributed by atoms with Gasteiger partial charge in [0.25, 0.3) is 0 Å². The summed E-state index contributed by atoms with van der Waals surface area (Å²) in [5, 5.41) is 9.31. The molecular formula is C42H83N2O6+. The number of likely N-dealkylation sites (N-methyl/N-ethyl adjacent to an activating group) is 1. The summed E-state index contributed by atoms with van der Waals surface area (Å²) in [5.74, 6) is -0.214. The predicted molar refractivity (Wildman–Crippen MR) is 208 cm³/mol. The van der Waals surface area contributed by atoms with E-state index in [2.05, 4.69) is 27.9 Å². The number of carbonyl (C=O) groups excluding carboxylic acids is 3. The molecule has 0 aliphatic rings. The number of rotatable bonds is 38. The van der Waals surface area contributed by atoms with E-state index in [0.717, 1.165) is 38.6 Å². The molecule has 296 valence electrons. The lowest BCUT2D eigenvalue weighted by Gasteiger charge is -2.29. The zero-order chi connectivity index (χ0) is 37.0. The van der Waals surface area contributed by atoms with Gasteiger partial charge in [-0.05, 0) is 25.7 Å². The largest absolute Gasteiger partial charge is 0.466 e. The van der Waals surface area contributed by atoms with Crippen molar-refractivity contribution in [2.45, 2.75) is 194 Å². The van der Waals surface area contributed by atoms with Gasteiger partial charge in [-0.1, -0.05) is 142 Å². The second-order valence-electron chi connectivity index (χ2n) is 15.3. The highest BCUT2D eigenvalue weighted by molar-refractivity contribution is 5.76. The van der Waals surface area contributed by atoms with Gasteiger partial charge in [-0.25, -0.2) is 0 Å². The van der Waals surface area contributed by atoms with Crippen LogP contribution in [0.3, 0.4) is 0 Å². The van der Waals surface area contributed by atoms with E-state index in [9.17, 15) is 19.5 Å². The van der Waals surface area contributed by atoms with Crippen LogP contribution in [0.15, 0.2) is 0 Å². The molecule has 0 bridgehead atoms. The molecule has 0 heterocycles. The number of unbranched alkanes of at least 4 members (excludes halogenated alkanes) is 20. The molecule has 0 spiro atoms. The van der Waals surface area contributed by atoms with Crippen molar-refractivity contribution < 1.29 is 33.4 Å². The van der Waals surface area contributed by atoms with Gasteiger partial charge >= 0.3 is 11.9 Å². The number of amides is 1. The van der Waals surface area contributed by atoms with Crippen LogP contribution in [0, 0.1) is 0 Å². The average Bonchev–Trinajstić information content (AvgIpc) is 3.08. The smallest absolute Gasteiger partial charge is 0.305 e. The Morgan fingerprint density at radius 2 is 0.840 bits per heavy atom. The normalized spacial score (nSPS) is 11.5. The molecule has 0 aromatic rings. The number of hydrogen-bond donors (Lipinski definition) is 1. The maximum atomic E-state index is 13.2. The molecule has 0 saturated carbocycles. The van der Waals surface area contributed by atoms with Crippen LogP contribution < -0.4 is 0 Å². The first kappa shape index (κ1) is 48.3. The first-order valence-corrected chi connectivity index (χ1v) is 21.3. The third-order valence-electron chi connectivity index (χ3n) is 9.85. The van der Waals surface area contributed by atoms with E-state index in [4.69, 9.17) is 9.47 Å². The van der Waals surface area contributed by atoms with Gasteiger partial charge in [0.2, 0.25) is 5.91 Å². The molecule has 8 nitrogen and oxygen atoms in total. The Balaban J connectivity index is 4.26. The molecule has 0 aromatic heterocycles. The lowest BCUT2D eigenvalue weighted by atomic mass is 10.1. The Morgan fingerprint density at radius 1 is 0.480 bits per heavy atom. The average molecular weight is 712 g/mol. The van der Waals surface area contributed by atoms with E-state index in [-0.39, 0.29) is 24.5 Å². The summed E-state index contributed by atoms with van der Waals surface area (Å²) in [6.45, 7) is 7.78. The van der Waals surface area contributed by atoms with Crippen LogP contribution in [0.2, 0.25) is 0 Å². The number of ether oxygens (including phenoxy) is 2. The zero-order valence-electron chi connectivity index (χ0n) is 33.6. The SMILES string of the molecule is CCCCCCCCCCCCCC(=O)OCCCN(CCCOC(=O)CCCCCCCCCCCCC)C(=O)CCC[N+](C)(C)CCO. The summed E-state index contributed by atoms with van der Waals surface area (Å²) >= 11 is 0. The van der Waals surface area contributed by atoms with E-state index in [1.807, 2.05) is 4.90 Å². The highest BCUT2D eigenvalue weighted by atomic mass is 16.5. The minimum absolute atomic E-state index is 0.0774. The van der Waals surface area contributed by atoms with Crippen molar-refractivity contribution in [3.05, 3.63) is 0 Å². The Kier molecular flexibility index (Phi) is 34.5. The van der Waals surface area contributed by atoms with Gasteiger partial charge in [-0.3, -0.25) is 14.4 Å². The molecule has 0 aliphatic carbocycles. The van der Waals surface area contributed by atoms with Crippen LogP contribution in [0.5, 0.6) is 0 Å². The highest BCUT2D eigenvalue weighted by Gasteiger charge is 2.18. The van der Waals surface area contributed by atoms with Crippen molar-refractivity contribution in [3.8, 4) is 0 Å². The summed E-state index contributed by atoms with van der Waals surface area (Å²) in [6.07, 6.45) is 30.8.